The van der Waals surface area contributed by atoms with Gasteiger partial charge in [0.05, 0.1) is 17.9 Å². The Morgan fingerprint density at radius 2 is 0.759 bits per heavy atom. The maximum absolute atomic E-state index is 12.6. The van der Waals surface area contributed by atoms with Crippen LogP contribution in [0.2, 0.25) is 0 Å². The predicted molar refractivity (Wildman–Crippen MR) is 235 cm³/mol. The SMILES string of the molecule is CCCCCCCCCCCCCCCCCCCCC/C=C/C(O)C(CS(=O)(=O)O)NC(=O)CCCCCCCCCCCCCCCCCCCC. The van der Waals surface area contributed by atoms with Crippen molar-refractivity contribution in [2.75, 3.05) is 5.75 Å². The molecule has 0 bridgehead atoms. The molecule has 0 aromatic rings. The fourth-order valence-corrected chi connectivity index (χ4v) is 8.36. The number of unbranched alkanes of at least 4 members (excludes halogenated alkanes) is 36. The first-order valence-electron chi connectivity index (χ1n) is 23.9. The number of nitrogens with one attached hydrogen (secondary N) is 1. The van der Waals surface area contributed by atoms with Crippen LogP contribution in [-0.2, 0) is 14.9 Å². The van der Waals surface area contributed by atoms with E-state index < -0.39 is 28.0 Å². The fraction of sp³-hybridized carbons (Fsp3) is 0.936. The van der Waals surface area contributed by atoms with Gasteiger partial charge in [-0.25, -0.2) is 0 Å². The Hall–Kier alpha value is -0.920. The Balaban J connectivity index is 3.80. The highest BCUT2D eigenvalue weighted by Crippen LogP contribution is 2.17. The Bertz CT molecular complexity index is 908. The van der Waals surface area contributed by atoms with Gasteiger partial charge in [0.15, 0.2) is 0 Å². The monoisotopic (exact) mass is 784 g/mol. The molecule has 0 saturated heterocycles. The molecule has 0 heterocycles. The van der Waals surface area contributed by atoms with Gasteiger partial charge < -0.3 is 10.4 Å². The van der Waals surface area contributed by atoms with Gasteiger partial charge in [-0.2, -0.15) is 8.42 Å². The van der Waals surface area contributed by atoms with E-state index in [4.69, 9.17) is 0 Å². The molecule has 3 N–H and O–H groups in total. The highest BCUT2D eigenvalue weighted by Gasteiger charge is 2.24. The number of carbonyl (C=O) groups is 1. The molecule has 0 spiro atoms. The van der Waals surface area contributed by atoms with Crippen LogP contribution in [0.1, 0.15) is 264 Å². The van der Waals surface area contributed by atoms with Crippen LogP contribution in [0.4, 0.5) is 0 Å². The summed E-state index contributed by atoms with van der Waals surface area (Å²) in [7, 11) is -4.34. The average Bonchev–Trinajstić information content (AvgIpc) is 3.14. The number of hydrogen-bond donors (Lipinski definition) is 3. The van der Waals surface area contributed by atoms with Gasteiger partial charge in [-0.1, -0.05) is 251 Å². The summed E-state index contributed by atoms with van der Waals surface area (Å²) in [5.74, 6) is -0.964. The number of rotatable bonds is 44. The third-order valence-corrected chi connectivity index (χ3v) is 12.0. The number of aliphatic hydroxyl groups is 1. The lowest BCUT2D eigenvalue weighted by molar-refractivity contribution is -0.122. The maximum Gasteiger partial charge on any atom is 0.267 e. The van der Waals surface area contributed by atoms with Crippen LogP contribution in [0.15, 0.2) is 12.2 Å². The molecule has 0 aromatic carbocycles. The molecule has 0 fully saturated rings. The van der Waals surface area contributed by atoms with E-state index in [-0.39, 0.29) is 5.91 Å². The molecule has 322 valence electrons. The van der Waals surface area contributed by atoms with Crippen LogP contribution < -0.4 is 5.32 Å². The minimum absolute atomic E-state index is 0.272. The van der Waals surface area contributed by atoms with E-state index in [0.29, 0.717) is 6.42 Å². The minimum atomic E-state index is -4.34. The summed E-state index contributed by atoms with van der Waals surface area (Å²) in [5, 5.41) is 13.3. The molecular weight excluding hydrogens is 691 g/mol. The lowest BCUT2D eigenvalue weighted by atomic mass is 10.0. The molecule has 0 rings (SSSR count). The second-order valence-electron chi connectivity index (χ2n) is 16.8. The molecule has 7 heteroatoms. The van der Waals surface area contributed by atoms with Crippen molar-refractivity contribution in [3.05, 3.63) is 12.2 Å². The lowest BCUT2D eigenvalue weighted by Crippen LogP contribution is -2.46. The van der Waals surface area contributed by atoms with Crippen molar-refractivity contribution in [2.45, 2.75) is 276 Å². The third kappa shape index (κ3) is 42.2. The van der Waals surface area contributed by atoms with Crippen molar-refractivity contribution in [3.8, 4) is 0 Å². The van der Waals surface area contributed by atoms with E-state index in [1.54, 1.807) is 6.08 Å². The smallest absolute Gasteiger partial charge is 0.267 e. The standard InChI is InChI=1S/C47H93NO5S/c1-3-5-7-9-11-13-15-17-19-21-23-24-25-26-28-30-32-34-36-38-40-42-46(49)45(44-54(51,52)53)48-47(50)43-41-39-37-35-33-31-29-27-22-20-18-16-14-12-10-8-6-4-2/h40,42,45-46,49H,3-39,41,43-44H2,1-2H3,(H,48,50)(H,51,52,53)/b42-40+. The van der Waals surface area contributed by atoms with E-state index in [1.165, 1.54) is 205 Å². The van der Waals surface area contributed by atoms with Crippen molar-refractivity contribution in [1.82, 2.24) is 5.32 Å². The first-order valence-corrected chi connectivity index (χ1v) is 25.5. The van der Waals surface area contributed by atoms with Gasteiger partial charge in [0, 0.05) is 6.42 Å². The van der Waals surface area contributed by atoms with Crippen LogP contribution in [-0.4, -0.2) is 41.9 Å². The molecule has 2 unspecified atom stereocenters. The summed E-state index contributed by atoms with van der Waals surface area (Å²) in [6, 6.07) is -1.05. The van der Waals surface area contributed by atoms with Crippen molar-refractivity contribution >= 4 is 16.0 Å². The van der Waals surface area contributed by atoms with E-state index in [9.17, 15) is 22.9 Å². The molecular formula is C47H93NO5S. The van der Waals surface area contributed by atoms with Crippen molar-refractivity contribution in [2.24, 2.45) is 0 Å². The van der Waals surface area contributed by atoms with Gasteiger partial charge >= 0.3 is 0 Å². The number of hydrogen-bond acceptors (Lipinski definition) is 4. The molecule has 0 saturated carbocycles. The summed E-state index contributed by atoms with van der Waals surface area (Å²) >= 11 is 0. The summed E-state index contributed by atoms with van der Waals surface area (Å²) < 4.78 is 32.6. The number of aliphatic hydroxyl groups excluding tert-OH is 1. The van der Waals surface area contributed by atoms with Gasteiger partial charge in [0.25, 0.3) is 10.1 Å². The molecule has 0 radical (unpaired) electrons. The van der Waals surface area contributed by atoms with Crippen LogP contribution >= 0.6 is 0 Å². The van der Waals surface area contributed by atoms with Gasteiger partial charge in [0.2, 0.25) is 5.91 Å². The van der Waals surface area contributed by atoms with Crippen LogP contribution in [0.25, 0.3) is 0 Å². The van der Waals surface area contributed by atoms with E-state index >= 15 is 0 Å². The summed E-state index contributed by atoms with van der Waals surface area (Å²) in [5.41, 5.74) is 0. The zero-order valence-corrected chi connectivity index (χ0v) is 36.9. The van der Waals surface area contributed by atoms with E-state index in [2.05, 4.69) is 19.2 Å². The van der Waals surface area contributed by atoms with Crippen molar-refractivity contribution in [3.63, 3.8) is 0 Å². The second kappa shape index (κ2) is 41.7. The zero-order chi connectivity index (χ0) is 39.6. The highest BCUT2D eigenvalue weighted by atomic mass is 32.2. The Morgan fingerprint density at radius 1 is 0.481 bits per heavy atom. The van der Waals surface area contributed by atoms with Gasteiger partial charge in [0.1, 0.15) is 0 Å². The topological polar surface area (TPSA) is 104 Å². The first kappa shape index (κ1) is 53.1. The zero-order valence-electron chi connectivity index (χ0n) is 36.1. The number of carbonyl (C=O) groups excluding carboxylic acids is 1. The van der Waals surface area contributed by atoms with Gasteiger partial charge in [-0.15, -0.1) is 0 Å². The minimum Gasteiger partial charge on any atom is -0.387 e. The highest BCUT2D eigenvalue weighted by molar-refractivity contribution is 7.85. The molecule has 54 heavy (non-hydrogen) atoms. The predicted octanol–water partition coefficient (Wildman–Crippen LogP) is 14.5. The second-order valence-corrected chi connectivity index (χ2v) is 18.3. The average molecular weight is 784 g/mol. The summed E-state index contributed by atoms with van der Waals surface area (Å²) in [4.78, 5) is 12.6. The molecule has 2 atom stereocenters. The summed E-state index contributed by atoms with van der Waals surface area (Å²) in [6.45, 7) is 4.55. The van der Waals surface area contributed by atoms with E-state index in [0.717, 1.165) is 38.5 Å². The first-order chi connectivity index (χ1) is 26.3. The summed E-state index contributed by atoms with van der Waals surface area (Å²) in [6.07, 6.45) is 52.1. The van der Waals surface area contributed by atoms with Crippen LogP contribution in [0.5, 0.6) is 0 Å². The van der Waals surface area contributed by atoms with Gasteiger partial charge in [-0.05, 0) is 19.3 Å². The molecule has 0 aliphatic rings. The Morgan fingerprint density at radius 3 is 1.06 bits per heavy atom. The Kier molecular flexibility index (Phi) is 41.0. The third-order valence-electron chi connectivity index (χ3n) is 11.2. The van der Waals surface area contributed by atoms with Crippen LogP contribution in [0, 0.1) is 0 Å². The normalized spacial score (nSPS) is 13.2. The quantitative estimate of drug-likeness (QED) is 0.0324. The van der Waals surface area contributed by atoms with Crippen molar-refractivity contribution < 1.29 is 22.9 Å². The molecule has 6 nitrogen and oxygen atoms in total. The fourth-order valence-electron chi connectivity index (χ4n) is 7.63. The van der Waals surface area contributed by atoms with Crippen molar-refractivity contribution in [1.29, 1.82) is 0 Å². The maximum atomic E-state index is 12.6. The molecule has 0 aliphatic carbocycles. The molecule has 0 aromatic heterocycles. The molecule has 0 aliphatic heterocycles. The van der Waals surface area contributed by atoms with Gasteiger partial charge in [-0.3, -0.25) is 9.35 Å². The molecule has 1 amide bonds. The Labute approximate surface area is 337 Å². The number of allylic oxidation sites excluding steroid dienone is 1. The van der Waals surface area contributed by atoms with Crippen LogP contribution in [0.3, 0.4) is 0 Å². The lowest BCUT2D eigenvalue weighted by Gasteiger charge is -2.21. The number of amides is 1. The van der Waals surface area contributed by atoms with E-state index in [1.807, 2.05) is 6.08 Å². The largest absolute Gasteiger partial charge is 0.387 e.